The third-order valence-corrected chi connectivity index (χ3v) is 2.02. The minimum Gasteiger partial charge on any atom is -0.481 e. The number of hydrogen-bond acceptors (Lipinski definition) is 3. The zero-order chi connectivity index (χ0) is 9.26. The summed E-state index contributed by atoms with van der Waals surface area (Å²) in [7, 11) is 0. The molecule has 1 heterocycles. The van der Waals surface area contributed by atoms with Gasteiger partial charge in [0.25, 0.3) is 0 Å². The van der Waals surface area contributed by atoms with E-state index in [1.807, 2.05) is 0 Å². The fourth-order valence-corrected chi connectivity index (χ4v) is 1.33. The number of fused-ring (bicyclic) bond motifs is 1. The minimum atomic E-state index is -0.812. The lowest BCUT2D eigenvalue weighted by atomic mass is 9.96. The van der Waals surface area contributed by atoms with Crippen LogP contribution in [0.4, 0.5) is 0 Å². The number of carboxylic acid groups (broad SMARTS) is 1. The first-order valence-corrected chi connectivity index (χ1v) is 3.98. The Morgan fingerprint density at radius 2 is 2.23 bits per heavy atom. The van der Waals surface area contributed by atoms with Gasteiger partial charge in [0.15, 0.2) is 0 Å². The van der Waals surface area contributed by atoms with E-state index >= 15 is 0 Å². The van der Waals surface area contributed by atoms with Crippen molar-refractivity contribution in [3.8, 4) is 0 Å². The van der Waals surface area contributed by atoms with Crippen LogP contribution in [0.15, 0.2) is 18.5 Å². The van der Waals surface area contributed by atoms with Gasteiger partial charge in [-0.15, -0.1) is 0 Å². The molecule has 1 aromatic rings. The zero-order valence-electron chi connectivity index (χ0n) is 6.84. The maximum Gasteiger partial charge on any atom is 0.310 e. The molecule has 1 unspecified atom stereocenters. The molecule has 13 heavy (non-hydrogen) atoms. The van der Waals surface area contributed by atoms with Gasteiger partial charge >= 0.3 is 5.97 Å². The normalized spacial score (nSPS) is 19.5. The van der Waals surface area contributed by atoms with Crippen molar-refractivity contribution >= 4 is 12.0 Å². The van der Waals surface area contributed by atoms with Crippen molar-refractivity contribution in [3.63, 3.8) is 0 Å². The number of carbonyl (C=O) groups is 1. The van der Waals surface area contributed by atoms with Gasteiger partial charge in [0.1, 0.15) is 0 Å². The number of carboxylic acids is 1. The maximum absolute atomic E-state index is 10.7. The van der Waals surface area contributed by atoms with E-state index in [-0.39, 0.29) is 0 Å². The number of aliphatic carboxylic acids is 1. The van der Waals surface area contributed by atoms with Gasteiger partial charge in [-0.2, -0.15) is 0 Å². The van der Waals surface area contributed by atoms with Crippen molar-refractivity contribution in [2.24, 2.45) is 5.92 Å². The first-order valence-electron chi connectivity index (χ1n) is 3.98. The number of aromatic nitrogens is 2. The molecule has 4 heteroatoms. The molecule has 0 fully saturated rings. The highest BCUT2D eigenvalue weighted by atomic mass is 16.4. The SMILES string of the molecule is O=C(O)C1C=Cc2nccnc2C1. The Bertz CT molecular complexity index is 374. The molecule has 0 saturated heterocycles. The van der Waals surface area contributed by atoms with Crippen LogP contribution in [-0.2, 0) is 11.2 Å². The largest absolute Gasteiger partial charge is 0.481 e. The molecule has 0 radical (unpaired) electrons. The van der Waals surface area contributed by atoms with Crippen LogP contribution in [0.3, 0.4) is 0 Å². The Balaban J connectivity index is 2.34. The van der Waals surface area contributed by atoms with E-state index in [1.54, 1.807) is 24.5 Å². The van der Waals surface area contributed by atoms with Gasteiger partial charge in [-0.3, -0.25) is 14.8 Å². The molecule has 1 N–H and O–H groups in total. The first-order chi connectivity index (χ1) is 6.27. The molecular weight excluding hydrogens is 168 g/mol. The van der Waals surface area contributed by atoms with Crippen LogP contribution in [0.1, 0.15) is 11.4 Å². The Morgan fingerprint density at radius 1 is 1.46 bits per heavy atom. The average molecular weight is 176 g/mol. The smallest absolute Gasteiger partial charge is 0.310 e. The summed E-state index contributed by atoms with van der Waals surface area (Å²) in [5.74, 6) is -1.27. The number of rotatable bonds is 1. The van der Waals surface area contributed by atoms with Crippen LogP contribution >= 0.6 is 0 Å². The third kappa shape index (κ3) is 1.42. The van der Waals surface area contributed by atoms with Crippen LogP contribution in [0.25, 0.3) is 6.08 Å². The van der Waals surface area contributed by atoms with E-state index < -0.39 is 11.9 Å². The molecule has 0 saturated carbocycles. The fourth-order valence-electron chi connectivity index (χ4n) is 1.33. The van der Waals surface area contributed by atoms with Crippen LogP contribution < -0.4 is 0 Å². The summed E-state index contributed by atoms with van der Waals surface area (Å²) < 4.78 is 0. The molecule has 66 valence electrons. The standard InChI is InChI=1S/C9H8N2O2/c12-9(13)6-1-2-7-8(5-6)11-4-3-10-7/h1-4,6H,5H2,(H,12,13). The van der Waals surface area contributed by atoms with Crippen LogP contribution in [0, 0.1) is 5.92 Å². The lowest BCUT2D eigenvalue weighted by Gasteiger charge is -2.13. The van der Waals surface area contributed by atoms with Crippen LogP contribution in [0.2, 0.25) is 0 Å². The monoisotopic (exact) mass is 176 g/mol. The highest BCUT2D eigenvalue weighted by Gasteiger charge is 2.20. The molecule has 0 bridgehead atoms. The van der Waals surface area contributed by atoms with E-state index in [2.05, 4.69) is 9.97 Å². The summed E-state index contributed by atoms with van der Waals surface area (Å²) in [6.45, 7) is 0. The second-order valence-corrected chi connectivity index (χ2v) is 2.90. The molecule has 0 spiro atoms. The topological polar surface area (TPSA) is 63.1 Å². The molecule has 0 aliphatic heterocycles. The van der Waals surface area contributed by atoms with Crippen molar-refractivity contribution in [2.75, 3.05) is 0 Å². The second-order valence-electron chi connectivity index (χ2n) is 2.90. The summed E-state index contributed by atoms with van der Waals surface area (Å²) in [6, 6.07) is 0. The Kier molecular flexibility index (Phi) is 1.81. The van der Waals surface area contributed by atoms with Gasteiger partial charge in [0.05, 0.1) is 17.3 Å². The van der Waals surface area contributed by atoms with E-state index in [9.17, 15) is 4.79 Å². The second kappa shape index (κ2) is 2.97. The fraction of sp³-hybridized carbons (Fsp3) is 0.222. The molecule has 1 atom stereocenters. The van der Waals surface area contributed by atoms with Gasteiger partial charge < -0.3 is 5.11 Å². The maximum atomic E-state index is 10.7. The van der Waals surface area contributed by atoms with Gasteiger partial charge in [-0.05, 0) is 6.08 Å². The zero-order valence-corrected chi connectivity index (χ0v) is 6.84. The quantitative estimate of drug-likeness (QED) is 0.685. The number of hydrogen-bond donors (Lipinski definition) is 1. The van der Waals surface area contributed by atoms with E-state index in [0.717, 1.165) is 11.4 Å². The molecule has 1 aromatic heterocycles. The van der Waals surface area contributed by atoms with Crippen LogP contribution in [0.5, 0.6) is 0 Å². The summed E-state index contributed by atoms with van der Waals surface area (Å²) in [5, 5.41) is 8.76. The van der Waals surface area contributed by atoms with E-state index in [0.29, 0.717) is 6.42 Å². The first kappa shape index (κ1) is 7.91. The molecule has 1 aliphatic carbocycles. The highest BCUT2D eigenvalue weighted by Crippen LogP contribution is 2.18. The predicted molar refractivity (Wildman–Crippen MR) is 45.9 cm³/mol. The third-order valence-electron chi connectivity index (χ3n) is 2.02. The van der Waals surface area contributed by atoms with Gasteiger partial charge in [-0.1, -0.05) is 6.08 Å². The Labute approximate surface area is 75.0 Å². The van der Waals surface area contributed by atoms with Crippen molar-refractivity contribution < 1.29 is 9.90 Å². The van der Waals surface area contributed by atoms with Gasteiger partial charge in [-0.25, -0.2) is 0 Å². The van der Waals surface area contributed by atoms with E-state index in [4.69, 9.17) is 5.11 Å². The van der Waals surface area contributed by atoms with Gasteiger partial charge in [0, 0.05) is 18.8 Å². The molecule has 1 aliphatic rings. The van der Waals surface area contributed by atoms with Crippen molar-refractivity contribution in [2.45, 2.75) is 6.42 Å². The van der Waals surface area contributed by atoms with Crippen molar-refractivity contribution in [1.29, 1.82) is 0 Å². The summed E-state index contributed by atoms with van der Waals surface area (Å²) in [4.78, 5) is 18.8. The Hall–Kier alpha value is -1.71. The minimum absolute atomic E-state index is 0.439. The lowest BCUT2D eigenvalue weighted by molar-refractivity contribution is -0.140. The Morgan fingerprint density at radius 3 is 3.00 bits per heavy atom. The molecular formula is C9H8N2O2. The summed E-state index contributed by atoms with van der Waals surface area (Å²) in [5.41, 5.74) is 1.54. The highest BCUT2D eigenvalue weighted by molar-refractivity contribution is 5.75. The average Bonchev–Trinajstić information content (AvgIpc) is 2.17. The van der Waals surface area contributed by atoms with Crippen molar-refractivity contribution in [1.82, 2.24) is 9.97 Å². The molecule has 0 aromatic carbocycles. The lowest BCUT2D eigenvalue weighted by Crippen LogP contribution is -2.18. The van der Waals surface area contributed by atoms with E-state index in [1.165, 1.54) is 0 Å². The predicted octanol–water partition coefficient (Wildman–Crippen LogP) is 0.747. The molecule has 2 rings (SSSR count). The molecule has 0 amide bonds. The van der Waals surface area contributed by atoms with Crippen molar-refractivity contribution in [3.05, 3.63) is 29.9 Å². The summed E-state index contributed by atoms with van der Waals surface area (Å²) in [6.07, 6.45) is 6.99. The number of nitrogens with zero attached hydrogens (tertiary/aromatic N) is 2. The van der Waals surface area contributed by atoms with Gasteiger partial charge in [0.2, 0.25) is 0 Å². The summed E-state index contributed by atoms with van der Waals surface area (Å²) >= 11 is 0. The van der Waals surface area contributed by atoms with Crippen LogP contribution in [-0.4, -0.2) is 21.0 Å². The molecule has 4 nitrogen and oxygen atoms in total.